The van der Waals surface area contributed by atoms with Gasteiger partial charge in [-0.25, -0.2) is 0 Å². The topological polar surface area (TPSA) is 39.7 Å². The van der Waals surface area contributed by atoms with E-state index in [2.05, 4.69) is 58.8 Å². The number of nitrogens with zero attached hydrogens (tertiary/aromatic N) is 2. The fourth-order valence-corrected chi connectivity index (χ4v) is 3.88. The van der Waals surface area contributed by atoms with Gasteiger partial charge in [-0.1, -0.05) is 50.5 Å². The Morgan fingerprint density at radius 2 is 1.84 bits per heavy atom. The first-order valence-electron chi connectivity index (χ1n) is 9.91. The minimum Gasteiger partial charge on any atom is -0.353 e. The summed E-state index contributed by atoms with van der Waals surface area (Å²) in [6.07, 6.45) is 8.15. The maximum absolute atomic E-state index is 4.37. The molecule has 3 rings (SSSR count). The SMILES string of the molecule is CN=C(NCc1ccccc1CN(C)C1CCCCC1)NC1CC1C. The molecule has 2 unspecified atom stereocenters. The van der Waals surface area contributed by atoms with Crippen LogP contribution in [0.5, 0.6) is 0 Å². The first-order chi connectivity index (χ1) is 12.2. The van der Waals surface area contributed by atoms with Gasteiger partial charge in [0.1, 0.15) is 0 Å². The van der Waals surface area contributed by atoms with Crippen molar-refractivity contribution in [2.45, 2.75) is 70.6 Å². The van der Waals surface area contributed by atoms with Crippen LogP contribution in [0.4, 0.5) is 0 Å². The van der Waals surface area contributed by atoms with E-state index in [-0.39, 0.29) is 0 Å². The number of rotatable bonds is 6. The Balaban J connectivity index is 1.56. The lowest BCUT2D eigenvalue weighted by Crippen LogP contribution is -2.39. The highest BCUT2D eigenvalue weighted by Crippen LogP contribution is 2.28. The second kappa shape index (κ2) is 8.70. The maximum Gasteiger partial charge on any atom is 0.191 e. The van der Waals surface area contributed by atoms with Crippen molar-refractivity contribution in [2.24, 2.45) is 10.9 Å². The molecule has 1 aromatic rings. The number of hydrogen-bond donors (Lipinski definition) is 2. The van der Waals surface area contributed by atoms with Crippen LogP contribution in [-0.4, -0.2) is 37.0 Å². The molecule has 0 aromatic heterocycles. The molecule has 0 heterocycles. The third-order valence-electron chi connectivity index (χ3n) is 5.84. The second-order valence-corrected chi connectivity index (χ2v) is 7.87. The van der Waals surface area contributed by atoms with E-state index in [4.69, 9.17) is 0 Å². The Morgan fingerprint density at radius 3 is 2.48 bits per heavy atom. The van der Waals surface area contributed by atoms with Crippen molar-refractivity contribution in [3.8, 4) is 0 Å². The lowest BCUT2D eigenvalue weighted by atomic mass is 9.94. The summed E-state index contributed by atoms with van der Waals surface area (Å²) in [5.74, 6) is 1.69. The Labute approximate surface area is 153 Å². The van der Waals surface area contributed by atoms with E-state index in [1.807, 2.05) is 7.05 Å². The molecule has 0 bridgehead atoms. The summed E-state index contributed by atoms with van der Waals surface area (Å²) < 4.78 is 0. The van der Waals surface area contributed by atoms with Crippen LogP contribution < -0.4 is 10.6 Å². The molecule has 25 heavy (non-hydrogen) atoms. The van der Waals surface area contributed by atoms with Gasteiger partial charge in [0.25, 0.3) is 0 Å². The molecule has 1 aromatic carbocycles. The molecule has 138 valence electrons. The normalized spacial score (nSPS) is 24.4. The average molecular weight is 343 g/mol. The zero-order valence-electron chi connectivity index (χ0n) is 16.1. The van der Waals surface area contributed by atoms with Crippen molar-refractivity contribution < 1.29 is 0 Å². The summed E-state index contributed by atoms with van der Waals surface area (Å²) in [6.45, 7) is 4.14. The average Bonchev–Trinajstić information content (AvgIpc) is 3.35. The van der Waals surface area contributed by atoms with E-state index < -0.39 is 0 Å². The molecule has 2 aliphatic rings. The molecular formula is C21H34N4. The Bertz CT molecular complexity index is 577. The van der Waals surface area contributed by atoms with E-state index in [1.54, 1.807) is 0 Å². The molecule has 2 N–H and O–H groups in total. The standard InChI is InChI=1S/C21H34N4/c1-16-13-20(16)24-21(22-2)23-14-17-9-7-8-10-18(17)15-25(3)19-11-5-4-6-12-19/h7-10,16,19-20H,4-6,11-15H2,1-3H3,(H2,22,23,24). The molecule has 0 saturated heterocycles. The summed E-state index contributed by atoms with van der Waals surface area (Å²) in [6, 6.07) is 10.2. The van der Waals surface area contributed by atoms with E-state index in [0.717, 1.165) is 31.0 Å². The Morgan fingerprint density at radius 1 is 1.16 bits per heavy atom. The van der Waals surface area contributed by atoms with Crippen molar-refractivity contribution in [3.05, 3.63) is 35.4 Å². The quantitative estimate of drug-likeness (QED) is 0.614. The van der Waals surface area contributed by atoms with Crippen molar-refractivity contribution in [1.29, 1.82) is 0 Å². The van der Waals surface area contributed by atoms with Gasteiger partial charge in [0.2, 0.25) is 0 Å². The molecule has 4 nitrogen and oxygen atoms in total. The summed E-state index contributed by atoms with van der Waals surface area (Å²) in [5, 5.41) is 6.99. The zero-order valence-corrected chi connectivity index (χ0v) is 16.1. The van der Waals surface area contributed by atoms with Crippen molar-refractivity contribution in [3.63, 3.8) is 0 Å². The second-order valence-electron chi connectivity index (χ2n) is 7.87. The summed E-state index contributed by atoms with van der Waals surface area (Å²) in [7, 11) is 4.14. The molecule has 2 fully saturated rings. The van der Waals surface area contributed by atoms with Gasteiger partial charge < -0.3 is 10.6 Å². The number of nitrogens with one attached hydrogen (secondary N) is 2. The van der Waals surface area contributed by atoms with Crippen LogP contribution in [-0.2, 0) is 13.1 Å². The fourth-order valence-electron chi connectivity index (χ4n) is 3.88. The van der Waals surface area contributed by atoms with Crippen LogP contribution in [0, 0.1) is 5.92 Å². The number of hydrogen-bond acceptors (Lipinski definition) is 2. The Hall–Kier alpha value is -1.55. The zero-order chi connectivity index (χ0) is 17.6. The molecule has 2 saturated carbocycles. The predicted molar refractivity (Wildman–Crippen MR) is 106 cm³/mol. The van der Waals surface area contributed by atoms with Crippen LogP contribution in [0.3, 0.4) is 0 Å². The van der Waals surface area contributed by atoms with E-state index in [9.17, 15) is 0 Å². The minimum absolute atomic E-state index is 0.596. The number of aliphatic imine (C=N–C) groups is 1. The molecule has 4 heteroatoms. The Kier molecular flexibility index (Phi) is 6.35. The van der Waals surface area contributed by atoms with Crippen LogP contribution in [0.2, 0.25) is 0 Å². The first-order valence-corrected chi connectivity index (χ1v) is 9.91. The fraction of sp³-hybridized carbons (Fsp3) is 0.667. The molecule has 0 aliphatic heterocycles. The van der Waals surface area contributed by atoms with E-state index >= 15 is 0 Å². The van der Waals surface area contributed by atoms with Crippen molar-refractivity contribution in [2.75, 3.05) is 14.1 Å². The molecule has 0 amide bonds. The van der Waals surface area contributed by atoms with Gasteiger partial charge in [-0.3, -0.25) is 9.89 Å². The lowest BCUT2D eigenvalue weighted by Gasteiger charge is -2.31. The number of benzene rings is 1. The monoisotopic (exact) mass is 342 g/mol. The van der Waals surface area contributed by atoms with Gasteiger partial charge in [0.15, 0.2) is 5.96 Å². The summed E-state index contributed by atoms with van der Waals surface area (Å²) in [4.78, 5) is 6.92. The van der Waals surface area contributed by atoms with E-state index in [0.29, 0.717) is 6.04 Å². The first kappa shape index (κ1) is 18.2. The van der Waals surface area contributed by atoms with Crippen molar-refractivity contribution in [1.82, 2.24) is 15.5 Å². The van der Waals surface area contributed by atoms with Gasteiger partial charge in [0, 0.05) is 32.2 Å². The van der Waals surface area contributed by atoms with E-state index in [1.165, 1.54) is 49.7 Å². The third kappa shape index (κ3) is 5.21. The van der Waals surface area contributed by atoms with Crippen LogP contribution >= 0.6 is 0 Å². The van der Waals surface area contributed by atoms with Gasteiger partial charge in [-0.15, -0.1) is 0 Å². The highest BCUT2D eigenvalue weighted by atomic mass is 15.2. The predicted octanol–water partition coefficient (Wildman–Crippen LogP) is 3.52. The van der Waals surface area contributed by atoms with Crippen LogP contribution in [0.1, 0.15) is 56.6 Å². The van der Waals surface area contributed by atoms with Gasteiger partial charge >= 0.3 is 0 Å². The van der Waals surface area contributed by atoms with Crippen molar-refractivity contribution >= 4 is 5.96 Å². The van der Waals surface area contributed by atoms with Crippen LogP contribution in [0.25, 0.3) is 0 Å². The van der Waals surface area contributed by atoms with Gasteiger partial charge in [0.05, 0.1) is 0 Å². The minimum atomic E-state index is 0.596. The highest BCUT2D eigenvalue weighted by molar-refractivity contribution is 5.80. The lowest BCUT2D eigenvalue weighted by molar-refractivity contribution is 0.184. The highest BCUT2D eigenvalue weighted by Gasteiger charge is 2.33. The third-order valence-corrected chi connectivity index (χ3v) is 5.84. The number of guanidine groups is 1. The van der Waals surface area contributed by atoms with Gasteiger partial charge in [-0.05, 0) is 43.4 Å². The molecule has 0 radical (unpaired) electrons. The molecular weight excluding hydrogens is 308 g/mol. The molecule has 2 aliphatic carbocycles. The smallest absolute Gasteiger partial charge is 0.191 e. The summed E-state index contributed by atoms with van der Waals surface area (Å²) in [5.41, 5.74) is 2.80. The maximum atomic E-state index is 4.37. The van der Waals surface area contributed by atoms with Crippen LogP contribution in [0.15, 0.2) is 29.3 Å². The largest absolute Gasteiger partial charge is 0.353 e. The summed E-state index contributed by atoms with van der Waals surface area (Å²) >= 11 is 0. The molecule has 0 spiro atoms. The van der Waals surface area contributed by atoms with Gasteiger partial charge in [-0.2, -0.15) is 0 Å². The molecule has 2 atom stereocenters.